The molecule has 4 aliphatic carbocycles. The molecule has 4 rings (SSSR count). The number of hydrogen-bond donors (Lipinski definition) is 2. The van der Waals surface area contributed by atoms with Crippen molar-refractivity contribution in [1.82, 2.24) is 0 Å². The Morgan fingerprint density at radius 2 is 1.77 bits per heavy atom. The van der Waals surface area contributed by atoms with Gasteiger partial charge in [0.2, 0.25) is 0 Å². The van der Waals surface area contributed by atoms with Crippen LogP contribution in [0.4, 0.5) is 0 Å². The second kappa shape index (κ2) is 10.2. The number of ether oxygens (including phenoxy) is 1. The van der Waals surface area contributed by atoms with Gasteiger partial charge in [-0.3, -0.25) is 4.79 Å². The second-order valence-electron chi connectivity index (χ2n) is 11.0. The predicted octanol–water partition coefficient (Wildman–Crippen LogP) is 5.85. The monoisotopic (exact) mass is 433 g/mol. The molecule has 0 aliphatic heterocycles. The van der Waals surface area contributed by atoms with Crippen molar-refractivity contribution in [3.8, 4) is 0 Å². The summed E-state index contributed by atoms with van der Waals surface area (Å²) in [5, 5.41) is 8.30. The van der Waals surface area contributed by atoms with E-state index in [4.69, 9.17) is 10.8 Å². The molecule has 4 nitrogen and oxygen atoms in total. The Labute approximate surface area is 190 Å². The smallest absolute Gasteiger partial charge is 0.305 e. The summed E-state index contributed by atoms with van der Waals surface area (Å²) in [6.45, 7) is 18.8. The Morgan fingerprint density at radius 1 is 1.16 bits per heavy atom. The summed E-state index contributed by atoms with van der Waals surface area (Å²) in [4.78, 5) is 9.96. The molecule has 4 saturated carbocycles. The summed E-state index contributed by atoms with van der Waals surface area (Å²) in [5.74, 6) is 5.34. The summed E-state index contributed by atoms with van der Waals surface area (Å²) in [6.07, 6.45) is 10.6. The Bertz CT molecular complexity index is 652. The first kappa shape index (κ1) is 26.1. The van der Waals surface area contributed by atoms with Crippen molar-refractivity contribution >= 4 is 5.97 Å². The molecule has 0 aromatic heterocycles. The third kappa shape index (κ3) is 5.45. The Balaban J connectivity index is 0.000000261. The van der Waals surface area contributed by atoms with Gasteiger partial charge in [0.1, 0.15) is 5.72 Å². The second-order valence-corrected chi connectivity index (χ2v) is 11.0. The van der Waals surface area contributed by atoms with E-state index in [-0.39, 0.29) is 5.97 Å². The first-order valence-corrected chi connectivity index (χ1v) is 12.3. The highest BCUT2D eigenvalue weighted by atomic mass is 16.5. The maximum atomic E-state index is 9.96. The third-order valence-electron chi connectivity index (χ3n) is 8.67. The average Bonchev–Trinajstić information content (AvgIpc) is 2.81. The number of aliphatic hydroxyl groups is 1. The lowest BCUT2D eigenvalue weighted by Gasteiger charge is -2.57. The summed E-state index contributed by atoms with van der Waals surface area (Å²) < 4.78 is 4.26. The van der Waals surface area contributed by atoms with Crippen LogP contribution in [0.3, 0.4) is 0 Å². The lowest BCUT2D eigenvalue weighted by Crippen LogP contribution is -2.50. The number of fused-ring (bicyclic) bond motifs is 3. The van der Waals surface area contributed by atoms with Gasteiger partial charge in [0, 0.05) is 11.8 Å². The maximum absolute atomic E-state index is 9.96. The normalized spacial score (nSPS) is 38.6. The molecule has 7 atom stereocenters. The molecule has 4 unspecified atom stereocenters. The van der Waals surface area contributed by atoms with E-state index in [0.29, 0.717) is 11.8 Å². The molecule has 0 amide bonds. The zero-order valence-corrected chi connectivity index (χ0v) is 20.9. The van der Waals surface area contributed by atoms with Gasteiger partial charge in [0.25, 0.3) is 0 Å². The van der Waals surface area contributed by atoms with Gasteiger partial charge in [0.05, 0.1) is 7.11 Å². The van der Waals surface area contributed by atoms with Crippen molar-refractivity contribution in [1.29, 1.82) is 0 Å². The van der Waals surface area contributed by atoms with Crippen LogP contribution in [0.25, 0.3) is 0 Å². The van der Waals surface area contributed by atoms with Crippen molar-refractivity contribution in [3.63, 3.8) is 0 Å². The van der Waals surface area contributed by atoms with Crippen LogP contribution < -0.4 is 5.73 Å². The molecule has 1 spiro atoms. The Morgan fingerprint density at radius 3 is 2.29 bits per heavy atom. The fourth-order valence-electron chi connectivity index (χ4n) is 7.29. The lowest BCUT2D eigenvalue weighted by molar-refractivity contribution is -0.140. The first-order valence-electron chi connectivity index (χ1n) is 12.3. The summed E-state index contributed by atoms with van der Waals surface area (Å²) >= 11 is 0. The van der Waals surface area contributed by atoms with Crippen molar-refractivity contribution in [2.75, 3.05) is 7.11 Å². The fraction of sp³-hybridized carbons (Fsp3) is 0.815. The minimum Gasteiger partial charge on any atom is -0.469 e. The molecule has 4 aliphatic rings. The van der Waals surface area contributed by atoms with Crippen LogP contribution in [-0.2, 0) is 9.53 Å². The van der Waals surface area contributed by atoms with E-state index in [1.54, 1.807) is 6.92 Å². The van der Waals surface area contributed by atoms with E-state index in [9.17, 15) is 4.79 Å². The highest BCUT2D eigenvalue weighted by molar-refractivity contribution is 5.68. The van der Waals surface area contributed by atoms with Crippen molar-refractivity contribution in [2.45, 2.75) is 91.7 Å². The number of rotatable bonds is 1. The van der Waals surface area contributed by atoms with E-state index in [1.165, 1.54) is 77.0 Å². The van der Waals surface area contributed by atoms with Crippen molar-refractivity contribution in [2.24, 2.45) is 46.7 Å². The largest absolute Gasteiger partial charge is 0.469 e. The molecule has 178 valence electrons. The van der Waals surface area contributed by atoms with E-state index < -0.39 is 5.72 Å². The molecule has 4 heteroatoms. The summed E-state index contributed by atoms with van der Waals surface area (Å²) in [6, 6.07) is 0. The molecular formula is C27H47NO3. The van der Waals surface area contributed by atoms with Crippen LogP contribution in [0.1, 0.15) is 86.0 Å². The van der Waals surface area contributed by atoms with Crippen LogP contribution in [0.2, 0.25) is 0 Å². The zero-order valence-electron chi connectivity index (χ0n) is 20.9. The number of carbonyl (C=O) groups excluding carboxylic acids is 1. The first-order chi connectivity index (χ1) is 14.4. The topological polar surface area (TPSA) is 72.5 Å². The number of carbonyl (C=O) groups is 1. The standard InChI is InChI=1S/C20H30.C4H8O2.C3H9NO/c1-12-6-5-7-18-16(12)10-11-20-14(3)13(2)17(15(20)4)8-9-19(18)20;1-3-4(5)6-2;1-3(2,4)5/h12,15-19H,2-3,5-11H2,1,4H3;3H2,1-2H3;5H,4H2,1-2H3/t12-,15?,16?,17-,18?,19?,20+;;/m0../s1. The molecule has 0 aromatic rings. The van der Waals surface area contributed by atoms with Gasteiger partial charge in [-0.05, 0) is 92.6 Å². The van der Waals surface area contributed by atoms with Crippen LogP contribution >= 0.6 is 0 Å². The predicted molar refractivity (Wildman–Crippen MR) is 128 cm³/mol. The molecule has 0 heterocycles. The summed E-state index contributed by atoms with van der Waals surface area (Å²) in [7, 11) is 1.38. The molecule has 2 bridgehead atoms. The van der Waals surface area contributed by atoms with Crippen LogP contribution in [0.15, 0.2) is 24.3 Å². The number of nitrogens with two attached hydrogens (primary N) is 1. The Kier molecular flexibility index (Phi) is 8.60. The molecular weight excluding hydrogens is 386 g/mol. The third-order valence-corrected chi connectivity index (χ3v) is 8.67. The maximum Gasteiger partial charge on any atom is 0.305 e. The quantitative estimate of drug-likeness (QED) is 0.402. The minimum atomic E-state index is -1.00. The van der Waals surface area contributed by atoms with Gasteiger partial charge in [-0.25, -0.2) is 0 Å². The molecule has 0 radical (unpaired) electrons. The molecule has 3 N–H and O–H groups in total. The number of esters is 1. The van der Waals surface area contributed by atoms with Gasteiger partial charge in [-0.15, -0.1) is 0 Å². The van der Waals surface area contributed by atoms with Gasteiger partial charge >= 0.3 is 5.97 Å². The molecule has 31 heavy (non-hydrogen) atoms. The van der Waals surface area contributed by atoms with E-state index >= 15 is 0 Å². The van der Waals surface area contributed by atoms with Gasteiger partial charge in [0.15, 0.2) is 0 Å². The lowest BCUT2D eigenvalue weighted by atomic mass is 9.47. The molecule has 0 aromatic carbocycles. The Hall–Kier alpha value is -1.13. The zero-order chi connectivity index (χ0) is 23.6. The highest BCUT2D eigenvalue weighted by Crippen LogP contribution is 2.70. The van der Waals surface area contributed by atoms with Crippen LogP contribution in [0.5, 0.6) is 0 Å². The van der Waals surface area contributed by atoms with Crippen molar-refractivity contribution < 1.29 is 14.6 Å². The SMILES string of the molecule is C=C1C(=C)[C@@]23CCC4C(CCC[C@@H]4C)C2CC[C@@H]1C3C.CC(C)(N)O.CCC(=O)OC. The van der Waals surface area contributed by atoms with Crippen molar-refractivity contribution in [3.05, 3.63) is 24.3 Å². The van der Waals surface area contributed by atoms with Gasteiger partial charge in [-0.2, -0.15) is 0 Å². The van der Waals surface area contributed by atoms with Crippen LogP contribution in [0, 0.1) is 40.9 Å². The van der Waals surface area contributed by atoms with E-state index in [1.807, 2.05) is 0 Å². The van der Waals surface area contributed by atoms with Gasteiger partial charge in [-0.1, -0.05) is 46.8 Å². The van der Waals surface area contributed by atoms with E-state index in [2.05, 4.69) is 31.7 Å². The average molecular weight is 434 g/mol. The minimum absolute atomic E-state index is 0.157. The fourth-order valence-corrected chi connectivity index (χ4v) is 7.29. The molecule has 4 fully saturated rings. The van der Waals surface area contributed by atoms with Gasteiger partial charge < -0.3 is 15.6 Å². The number of hydrogen-bond acceptors (Lipinski definition) is 4. The van der Waals surface area contributed by atoms with Crippen LogP contribution in [-0.4, -0.2) is 23.9 Å². The number of methoxy groups -OCH3 is 1. The van der Waals surface area contributed by atoms with E-state index in [0.717, 1.165) is 35.5 Å². The molecule has 0 saturated heterocycles. The summed E-state index contributed by atoms with van der Waals surface area (Å²) in [5.41, 5.74) is 7.28. The highest BCUT2D eigenvalue weighted by Gasteiger charge is 2.62. The number of allylic oxidation sites excluding steroid dienone is 2.